The van der Waals surface area contributed by atoms with E-state index in [0.717, 1.165) is 24.9 Å². The number of ether oxygens (including phenoxy) is 4. The zero-order valence-electron chi connectivity index (χ0n) is 26.7. The van der Waals surface area contributed by atoms with Gasteiger partial charge in [0.15, 0.2) is 40.3 Å². The van der Waals surface area contributed by atoms with Crippen LogP contribution in [0.4, 0.5) is 33.5 Å². The SMILES string of the molecule is CC(=O)O.CC(=O)O.COc1cc(Nc2ncc(F)c(Nc3ccc4c(n3)N(COP(=O)(O)O)C(=O)C(C)(C)O4)n2)cc(OC)c1OC. The van der Waals surface area contributed by atoms with Crippen LogP contribution in [0.2, 0.25) is 0 Å². The summed E-state index contributed by atoms with van der Waals surface area (Å²) in [5.41, 5.74) is -0.911. The summed E-state index contributed by atoms with van der Waals surface area (Å²) in [4.78, 5) is 62.4. The summed E-state index contributed by atoms with van der Waals surface area (Å²) < 4.78 is 52.1. The lowest BCUT2D eigenvalue weighted by molar-refractivity contribution is -0.135. The van der Waals surface area contributed by atoms with Crippen molar-refractivity contribution in [2.24, 2.45) is 0 Å². The minimum atomic E-state index is -4.91. The number of nitrogens with zero attached hydrogens (tertiary/aromatic N) is 4. The topological polar surface area (TPSA) is 261 Å². The van der Waals surface area contributed by atoms with E-state index in [9.17, 15) is 13.8 Å². The molecular weight excluding hydrogens is 666 g/mol. The van der Waals surface area contributed by atoms with Crippen molar-refractivity contribution in [3.8, 4) is 23.0 Å². The number of fused-ring (bicyclic) bond motifs is 1. The third-order valence-electron chi connectivity index (χ3n) is 5.49. The molecule has 6 N–H and O–H groups in total. The molecule has 0 unspecified atom stereocenters. The number of benzene rings is 1. The summed E-state index contributed by atoms with van der Waals surface area (Å²) in [6.45, 7) is 4.32. The molecule has 3 aromatic rings. The lowest BCUT2D eigenvalue weighted by Gasteiger charge is -2.37. The summed E-state index contributed by atoms with van der Waals surface area (Å²) in [6.07, 6.45) is 0.934. The number of anilines is 5. The highest BCUT2D eigenvalue weighted by atomic mass is 31.2. The largest absolute Gasteiger partial charge is 0.493 e. The van der Waals surface area contributed by atoms with Gasteiger partial charge >= 0.3 is 7.82 Å². The molecular formula is C27H34FN6O13P. The normalized spacial score (nSPS) is 12.9. The van der Waals surface area contributed by atoms with E-state index < -0.39 is 43.8 Å². The summed E-state index contributed by atoms with van der Waals surface area (Å²) in [5.74, 6) is -2.22. The molecule has 1 aromatic carbocycles. The van der Waals surface area contributed by atoms with Crippen LogP contribution in [0.1, 0.15) is 27.7 Å². The van der Waals surface area contributed by atoms with Gasteiger partial charge in [0, 0.05) is 31.7 Å². The molecule has 19 nitrogen and oxygen atoms in total. The van der Waals surface area contributed by atoms with Crippen LogP contribution in [0.15, 0.2) is 30.5 Å². The molecule has 1 amide bonds. The van der Waals surface area contributed by atoms with Crippen molar-refractivity contribution in [2.75, 3.05) is 43.6 Å². The fraction of sp³-hybridized carbons (Fsp3) is 0.333. The highest BCUT2D eigenvalue weighted by Crippen LogP contribution is 2.42. The first-order valence-corrected chi connectivity index (χ1v) is 14.8. The third-order valence-corrected chi connectivity index (χ3v) is 5.94. The van der Waals surface area contributed by atoms with Crippen molar-refractivity contribution in [3.63, 3.8) is 0 Å². The van der Waals surface area contributed by atoms with E-state index in [2.05, 4.69) is 30.1 Å². The van der Waals surface area contributed by atoms with Gasteiger partial charge in [-0.15, -0.1) is 0 Å². The molecule has 0 saturated carbocycles. The van der Waals surface area contributed by atoms with Gasteiger partial charge in [-0.1, -0.05) is 0 Å². The number of aliphatic carboxylic acids is 2. The number of nitrogens with one attached hydrogen (secondary N) is 2. The first-order chi connectivity index (χ1) is 22.3. The van der Waals surface area contributed by atoms with Crippen LogP contribution in [0, 0.1) is 5.82 Å². The number of phosphoric ester groups is 1. The van der Waals surface area contributed by atoms with Crippen LogP contribution in [0.5, 0.6) is 23.0 Å². The standard InChI is InChI=1S/C23H26FN6O9P.2C2H4O2/c1-23(2)21(31)30(11-38-40(32,33)34)20-14(39-23)6-7-17(28-20)27-19-13(24)10-25-22(29-19)26-12-8-15(35-3)18(37-5)16(9-12)36-4;2*1-2(3)4/h6-10H,11H2,1-5H3,(H2,32,33,34)(H2,25,26,27,28,29);2*1H3,(H,3,4). The van der Waals surface area contributed by atoms with Crippen molar-refractivity contribution in [3.05, 3.63) is 36.3 Å². The van der Waals surface area contributed by atoms with E-state index in [0.29, 0.717) is 22.9 Å². The first-order valence-electron chi connectivity index (χ1n) is 13.3. The Bertz CT molecular complexity index is 1640. The number of rotatable bonds is 10. The van der Waals surface area contributed by atoms with Crippen LogP contribution in [-0.4, -0.2) is 86.5 Å². The Hall–Kier alpha value is -5.30. The van der Waals surface area contributed by atoms with E-state index in [4.69, 9.17) is 48.5 Å². The highest BCUT2D eigenvalue weighted by molar-refractivity contribution is 7.46. The molecule has 1 aliphatic rings. The maximum atomic E-state index is 14.7. The Balaban J connectivity index is 0.000000900. The predicted molar refractivity (Wildman–Crippen MR) is 166 cm³/mol. The molecule has 3 heterocycles. The van der Waals surface area contributed by atoms with E-state index in [1.54, 1.807) is 12.1 Å². The minimum absolute atomic E-state index is 0.00747. The van der Waals surface area contributed by atoms with Gasteiger partial charge in [-0.25, -0.2) is 18.9 Å². The summed E-state index contributed by atoms with van der Waals surface area (Å²) in [6, 6.07) is 6.12. The number of hydrogen-bond donors (Lipinski definition) is 6. The number of amides is 1. The Morgan fingerprint density at radius 2 is 1.56 bits per heavy atom. The van der Waals surface area contributed by atoms with Crippen molar-refractivity contribution < 1.29 is 66.8 Å². The number of methoxy groups -OCH3 is 3. The van der Waals surface area contributed by atoms with Crippen LogP contribution >= 0.6 is 7.82 Å². The quantitative estimate of drug-likeness (QED) is 0.166. The van der Waals surface area contributed by atoms with Gasteiger partial charge in [0.2, 0.25) is 11.7 Å². The van der Waals surface area contributed by atoms with Crippen molar-refractivity contribution >= 4 is 54.8 Å². The van der Waals surface area contributed by atoms with Gasteiger partial charge in [0.1, 0.15) is 12.5 Å². The molecule has 262 valence electrons. The number of carboxylic acid groups (broad SMARTS) is 2. The number of carboxylic acids is 2. The Morgan fingerprint density at radius 3 is 2.06 bits per heavy atom. The van der Waals surface area contributed by atoms with E-state index in [1.165, 1.54) is 47.3 Å². The molecule has 4 rings (SSSR count). The molecule has 0 atom stereocenters. The predicted octanol–water partition coefficient (Wildman–Crippen LogP) is 3.28. The summed E-state index contributed by atoms with van der Waals surface area (Å²) in [7, 11) is -0.521. The van der Waals surface area contributed by atoms with Crippen molar-refractivity contribution in [2.45, 2.75) is 33.3 Å². The minimum Gasteiger partial charge on any atom is -0.493 e. The van der Waals surface area contributed by atoms with Gasteiger partial charge in [-0.05, 0) is 26.0 Å². The van der Waals surface area contributed by atoms with E-state index in [-0.39, 0.29) is 29.2 Å². The second kappa shape index (κ2) is 16.5. The molecule has 21 heteroatoms. The van der Waals surface area contributed by atoms with Crippen LogP contribution in [0.3, 0.4) is 0 Å². The lowest BCUT2D eigenvalue weighted by atomic mass is 10.1. The average Bonchev–Trinajstić information content (AvgIpc) is 2.97. The van der Waals surface area contributed by atoms with Crippen LogP contribution in [0.25, 0.3) is 0 Å². The lowest BCUT2D eigenvalue weighted by Crippen LogP contribution is -2.53. The van der Waals surface area contributed by atoms with Crippen LogP contribution in [-0.2, 0) is 23.5 Å². The zero-order chi connectivity index (χ0) is 36.4. The van der Waals surface area contributed by atoms with Crippen molar-refractivity contribution in [1.29, 1.82) is 0 Å². The molecule has 1 aliphatic heterocycles. The number of pyridine rings is 1. The van der Waals surface area contributed by atoms with Gasteiger partial charge in [-0.3, -0.25) is 23.8 Å². The maximum absolute atomic E-state index is 14.7. The number of carbonyl (C=O) groups is 3. The molecule has 2 aromatic heterocycles. The third kappa shape index (κ3) is 11.2. The molecule has 0 aliphatic carbocycles. The van der Waals surface area contributed by atoms with E-state index >= 15 is 0 Å². The second-order valence-corrected chi connectivity index (χ2v) is 10.9. The number of halogens is 1. The molecule has 0 spiro atoms. The number of phosphoric acid groups is 1. The molecule has 0 bridgehead atoms. The Kier molecular flexibility index (Phi) is 13.4. The Labute approximate surface area is 272 Å². The zero-order valence-corrected chi connectivity index (χ0v) is 27.6. The van der Waals surface area contributed by atoms with Gasteiger partial charge in [0.25, 0.3) is 17.8 Å². The average molecular weight is 701 g/mol. The molecule has 0 saturated heterocycles. The second-order valence-electron chi connectivity index (χ2n) is 9.70. The fourth-order valence-corrected chi connectivity index (χ4v) is 3.96. The smallest absolute Gasteiger partial charge is 0.471 e. The maximum Gasteiger partial charge on any atom is 0.471 e. The number of carbonyl (C=O) groups excluding carboxylic acids is 1. The Morgan fingerprint density at radius 1 is 1.00 bits per heavy atom. The van der Waals surface area contributed by atoms with Crippen LogP contribution < -0.4 is 34.5 Å². The molecule has 48 heavy (non-hydrogen) atoms. The monoisotopic (exact) mass is 700 g/mol. The summed E-state index contributed by atoms with van der Waals surface area (Å²) in [5, 5.41) is 20.5. The van der Waals surface area contributed by atoms with Gasteiger partial charge in [-0.2, -0.15) is 4.98 Å². The summed E-state index contributed by atoms with van der Waals surface area (Å²) >= 11 is 0. The highest BCUT2D eigenvalue weighted by Gasteiger charge is 2.42. The van der Waals surface area contributed by atoms with Gasteiger partial charge in [0.05, 0.1) is 27.5 Å². The number of hydrogen-bond acceptors (Lipinski definition) is 14. The molecule has 0 fully saturated rings. The molecule has 0 radical (unpaired) electrons. The van der Waals surface area contributed by atoms with E-state index in [1.807, 2.05) is 0 Å². The van der Waals surface area contributed by atoms with Crippen molar-refractivity contribution in [1.82, 2.24) is 15.0 Å². The first kappa shape index (κ1) is 38.9. The van der Waals surface area contributed by atoms with Gasteiger partial charge < -0.3 is 49.6 Å². The fourth-order valence-electron chi connectivity index (χ4n) is 3.69. The number of aromatic nitrogens is 3.